The summed E-state index contributed by atoms with van der Waals surface area (Å²) in [6.07, 6.45) is 1.97. The van der Waals surface area contributed by atoms with Crippen molar-refractivity contribution in [2.75, 3.05) is 33.4 Å². The number of ether oxygens (including phenoxy) is 1. The Morgan fingerprint density at radius 2 is 1.94 bits per heavy atom. The van der Waals surface area contributed by atoms with E-state index in [1.54, 1.807) is 7.11 Å². The average Bonchev–Trinajstić information content (AvgIpc) is 2.29. The van der Waals surface area contributed by atoms with Gasteiger partial charge >= 0.3 is 0 Å². The van der Waals surface area contributed by atoms with E-state index in [1.807, 2.05) is 6.08 Å². The molecule has 0 aliphatic carbocycles. The number of methoxy groups -OCH3 is 1. The van der Waals surface area contributed by atoms with Crippen molar-refractivity contribution in [2.24, 2.45) is 5.92 Å². The predicted molar refractivity (Wildman–Crippen MR) is 80.0 cm³/mol. The van der Waals surface area contributed by atoms with Crippen molar-refractivity contribution in [1.82, 2.24) is 10.2 Å². The van der Waals surface area contributed by atoms with Crippen LogP contribution in [0.25, 0.3) is 0 Å². The largest absolute Gasteiger partial charge is 0.383 e. The quantitative estimate of drug-likeness (QED) is 0.642. The van der Waals surface area contributed by atoms with Gasteiger partial charge < -0.3 is 10.1 Å². The summed E-state index contributed by atoms with van der Waals surface area (Å²) in [6, 6.07) is 0.521. The van der Waals surface area contributed by atoms with Crippen LogP contribution in [0.3, 0.4) is 0 Å². The van der Waals surface area contributed by atoms with Crippen molar-refractivity contribution in [3.8, 4) is 0 Å². The summed E-state index contributed by atoms with van der Waals surface area (Å²) in [7, 11) is 1.75. The highest BCUT2D eigenvalue weighted by molar-refractivity contribution is 4.82. The van der Waals surface area contributed by atoms with Crippen LogP contribution in [0.5, 0.6) is 0 Å². The van der Waals surface area contributed by atoms with Gasteiger partial charge in [-0.15, -0.1) is 6.58 Å². The first kappa shape index (κ1) is 17.6. The Bertz CT molecular complexity index is 223. The zero-order chi connectivity index (χ0) is 14.2. The molecule has 0 aliphatic rings. The van der Waals surface area contributed by atoms with Gasteiger partial charge in [0.05, 0.1) is 6.61 Å². The lowest BCUT2D eigenvalue weighted by Crippen LogP contribution is -2.46. The molecular weight excluding hydrogens is 224 g/mol. The maximum Gasteiger partial charge on any atom is 0.0589 e. The van der Waals surface area contributed by atoms with Gasteiger partial charge in [0.25, 0.3) is 0 Å². The van der Waals surface area contributed by atoms with Crippen LogP contribution in [-0.2, 0) is 4.74 Å². The normalized spacial score (nSPS) is 15.7. The minimum atomic E-state index is 0.184. The topological polar surface area (TPSA) is 24.5 Å². The van der Waals surface area contributed by atoms with Gasteiger partial charge in [0.1, 0.15) is 0 Å². The molecular formula is C15H32N2O. The van der Waals surface area contributed by atoms with Gasteiger partial charge in [0.2, 0.25) is 0 Å². The molecule has 0 aromatic heterocycles. The summed E-state index contributed by atoms with van der Waals surface area (Å²) in [5.41, 5.74) is 0.184. The third-order valence-electron chi connectivity index (χ3n) is 3.30. The Kier molecular flexibility index (Phi) is 8.49. The molecule has 0 bridgehead atoms. The van der Waals surface area contributed by atoms with Gasteiger partial charge in [-0.2, -0.15) is 0 Å². The van der Waals surface area contributed by atoms with Crippen LogP contribution in [0.15, 0.2) is 12.7 Å². The van der Waals surface area contributed by atoms with Crippen molar-refractivity contribution in [3.63, 3.8) is 0 Å². The van der Waals surface area contributed by atoms with Gasteiger partial charge in [-0.3, -0.25) is 4.90 Å². The van der Waals surface area contributed by atoms with Gasteiger partial charge in [-0.25, -0.2) is 0 Å². The molecule has 0 aromatic carbocycles. The van der Waals surface area contributed by atoms with E-state index < -0.39 is 0 Å². The molecule has 0 fully saturated rings. The van der Waals surface area contributed by atoms with Crippen LogP contribution in [0.1, 0.15) is 34.6 Å². The molecule has 0 rings (SSSR count). The summed E-state index contributed by atoms with van der Waals surface area (Å²) in [5, 5.41) is 3.57. The first-order chi connectivity index (χ1) is 8.31. The van der Waals surface area contributed by atoms with Crippen molar-refractivity contribution in [2.45, 2.75) is 46.2 Å². The molecule has 18 heavy (non-hydrogen) atoms. The van der Waals surface area contributed by atoms with Crippen LogP contribution in [-0.4, -0.2) is 49.8 Å². The lowest BCUT2D eigenvalue weighted by Gasteiger charge is -2.34. The van der Waals surface area contributed by atoms with Crippen molar-refractivity contribution in [3.05, 3.63) is 12.7 Å². The number of hydrogen-bond acceptors (Lipinski definition) is 3. The fourth-order valence-electron chi connectivity index (χ4n) is 1.83. The summed E-state index contributed by atoms with van der Waals surface area (Å²) in [5.74, 6) is 0.598. The first-order valence-corrected chi connectivity index (χ1v) is 6.90. The van der Waals surface area contributed by atoms with Crippen molar-refractivity contribution < 1.29 is 4.74 Å². The standard InChI is InChI=1S/C15H32N2O/c1-8-9-17(10-11-18-7)14(3)13(2)12-16-15(4,5)6/h8,13-14,16H,1,9-12H2,2-7H3. The minimum absolute atomic E-state index is 0.184. The fraction of sp³-hybridized carbons (Fsp3) is 0.867. The Balaban J connectivity index is 4.26. The smallest absolute Gasteiger partial charge is 0.0589 e. The number of hydrogen-bond donors (Lipinski definition) is 1. The summed E-state index contributed by atoms with van der Waals surface area (Å²) in [4.78, 5) is 2.42. The molecule has 0 aliphatic heterocycles. The third-order valence-corrected chi connectivity index (χ3v) is 3.30. The molecule has 0 aromatic rings. The van der Waals surface area contributed by atoms with Crippen LogP contribution >= 0.6 is 0 Å². The second-order valence-corrected chi connectivity index (χ2v) is 6.13. The SMILES string of the molecule is C=CCN(CCOC)C(C)C(C)CNC(C)(C)C. The molecule has 3 nitrogen and oxygen atoms in total. The number of nitrogens with zero attached hydrogens (tertiary/aromatic N) is 1. The molecule has 0 saturated heterocycles. The molecule has 0 amide bonds. The van der Waals surface area contributed by atoms with E-state index in [4.69, 9.17) is 4.74 Å². The lowest BCUT2D eigenvalue weighted by atomic mass is 10.00. The van der Waals surface area contributed by atoms with Crippen LogP contribution in [0, 0.1) is 5.92 Å². The molecule has 3 heteroatoms. The Morgan fingerprint density at radius 3 is 2.39 bits per heavy atom. The van der Waals surface area contributed by atoms with Crippen LogP contribution in [0.2, 0.25) is 0 Å². The van der Waals surface area contributed by atoms with Crippen LogP contribution in [0.4, 0.5) is 0 Å². The van der Waals surface area contributed by atoms with E-state index >= 15 is 0 Å². The van der Waals surface area contributed by atoms with Gasteiger partial charge in [0, 0.05) is 31.8 Å². The van der Waals surface area contributed by atoms with Crippen LogP contribution < -0.4 is 5.32 Å². The zero-order valence-electron chi connectivity index (χ0n) is 13.1. The predicted octanol–water partition coefficient (Wildman–Crippen LogP) is 2.53. The highest BCUT2D eigenvalue weighted by Gasteiger charge is 2.20. The van der Waals surface area contributed by atoms with E-state index in [0.29, 0.717) is 12.0 Å². The van der Waals surface area contributed by atoms with E-state index in [-0.39, 0.29) is 5.54 Å². The summed E-state index contributed by atoms with van der Waals surface area (Å²) < 4.78 is 5.17. The fourth-order valence-corrected chi connectivity index (χ4v) is 1.83. The summed E-state index contributed by atoms with van der Waals surface area (Å²) in [6.45, 7) is 18.7. The van der Waals surface area contributed by atoms with Gasteiger partial charge in [-0.1, -0.05) is 13.0 Å². The van der Waals surface area contributed by atoms with E-state index in [1.165, 1.54) is 0 Å². The molecule has 0 heterocycles. The zero-order valence-corrected chi connectivity index (χ0v) is 13.1. The molecule has 0 saturated carbocycles. The maximum absolute atomic E-state index is 5.17. The molecule has 0 spiro atoms. The van der Waals surface area contributed by atoms with Gasteiger partial charge in [-0.05, 0) is 40.2 Å². The van der Waals surface area contributed by atoms with E-state index in [0.717, 1.165) is 26.2 Å². The Labute approximate surface area is 114 Å². The minimum Gasteiger partial charge on any atom is -0.383 e. The van der Waals surface area contributed by atoms with Crippen molar-refractivity contribution in [1.29, 1.82) is 0 Å². The Morgan fingerprint density at radius 1 is 1.33 bits per heavy atom. The Hall–Kier alpha value is -0.380. The highest BCUT2D eigenvalue weighted by Crippen LogP contribution is 2.11. The summed E-state index contributed by atoms with van der Waals surface area (Å²) >= 11 is 0. The van der Waals surface area contributed by atoms with Gasteiger partial charge in [0.15, 0.2) is 0 Å². The average molecular weight is 256 g/mol. The lowest BCUT2D eigenvalue weighted by molar-refractivity contribution is 0.111. The first-order valence-electron chi connectivity index (χ1n) is 6.90. The maximum atomic E-state index is 5.17. The molecule has 1 N–H and O–H groups in total. The second-order valence-electron chi connectivity index (χ2n) is 6.13. The van der Waals surface area contributed by atoms with Crippen molar-refractivity contribution >= 4 is 0 Å². The number of rotatable bonds is 9. The third kappa shape index (κ3) is 7.85. The highest BCUT2D eigenvalue weighted by atomic mass is 16.5. The molecule has 0 radical (unpaired) electrons. The molecule has 2 unspecified atom stereocenters. The molecule has 2 atom stereocenters. The number of nitrogens with one attached hydrogen (secondary N) is 1. The molecule has 108 valence electrons. The van der Waals surface area contributed by atoms with E-state index in [9.17, 15) is 0 Å². The monoisotopic (exact) mass is 256 g/mol. The van der Waals surface area contributed by atoms with E-state index in [2.05, 4.69) is 51.4 Å². The second kappa shape index (κ2) is 8.68.